The zero-order valence-corrected chi connectivity index (χ0v) is 15.4. The molecule has 1 aliphatic rings. The van der Waals surface area contributed by atoms with Crippen LogP contribution in [0.1, 0.15) is 55.8 Å². The number of aryl methyl sites for hydroxylation is 2. The van der Waals surface area contributed by atoms with Crippen molar-refractivity contribution in [2.24, 2.45) is 5.92 Å². The minimum Gasteiger partial charge on any atom is -0.344 e. The zero-order valence-electron chi connectivity index (χ0n) is 15.4. The van der Waals surface area contributed by atoms with E-state index in [4.69, 9.17) is 0 Å². The van der Waals surface area contributed by atoms with Crippen molar-refractivity contribution in [1.29, 1.82) is 0 Å². The summed E-state index contributed by atoms with van der Waals surface area (Å²) < 4.78 is 2.02. The van der Waals surface area contributed by atoms with Gasteiger partial charge in [0.2, 0.25) is 6.54 Å². The van der Waals surface area contributed by atoms with Crippen LogP contribution in [0, 0.1) is 5.92 Å². The Morgan fingerprint density at radius 1 is 1.08 bits per heavy atom. The summed E-state index contributed by atoms with van der Waals surface area (Å²) in [5.74, 6) is 0.608. The second-order valence-corrected chi connectivity index (χ2v) is 7.54. The van der Waals surface area contributed by atoms with Crippen LogP contribution in [0.3, 0.4) is 0 Å². The lowest BCUT2D eigenvalue weighted by Gasteiger charge is -2.20. The van der Waals surface area contributed by atoms with E-state index in [9.17, 15) is 4.79 Å². The predicted octanol–water partition coefficient (Wildman–Crippen LogP) is 3.76. The molecule has 1 aliphatic carbocycles. The molecule has 0 saturated heterocycles. The van der Waals surface area contributed by atoms with Crippen molar-refractivity contribution in [2.75, 3.05) is 0 Å². The summed E-state index contributed by atoms with van der Waals surface area (Å²) in [5, 5.41) is 3.23. The molecule has 1 N–H and O–H groups in total. The summed E-state index contributed by atoms with van der Waals surface area (Å²) in [6, 6.07) is 12.5. The number of aromatic nitrogens is 1. The first-order valence-corrected chi connectivity index (χ1v) is 9.47. The highest BCUT2D eigenvalue weighted by Crippen LogP contribution is 2.21. The summed E-state index contributed by atoms with van der Waals surface area (Å²) in [6.07, 6.45) is 10.0. The van der Waals surface area contributed by atoms with Gasteiger partial charge in [-0.25, -0.2) is 0 Å². The highest BCUT2D eigenvalue weighted by atomic mass is 16.2. The lowest BCUT2D eigenvalue weighted by molar-refractivity contribution is -0.685. The molecule has 132 valence electrons. The largest absolute Gasteiger partial charge is 0.344 e. The number of hydrogen-bond acceptors (Lipinski definition) is 1. The number of carbonyl (C=O) groups excluding carboxylic acids is 1. The van der Waals surface area contributed by atoms with Gasteiger partial charge in [-0.2, -0.15) is 4.57 Å². The van der Waals surface area contributed by atoms with Crippen LogP contribution in [-0.4, -0.2) is 5.91 Å². The summed E-state index contributed by atoms with van der Waals surface area (Å²) in [4.78, 5) is 12.6. The minimum atomic E-state index is 0.0759. The molecule has 3 rings (SSSR count). The number of fused-ring (bicyclic) bond motifs is 1. The minimum absolute atomic E-state index is 0.0759. The van der Waals surface area contributed by atoms with Gasteiger partial charge in [0.15, 0.2) is 12.4 Å². The monoisotopic (exact) mass is 337 g/mol. The van der Waals surface area contributed by atoms with Gasteiger partial charge in [-0.1, -0.05) is 44.2 Å². The predicted molar refractivity (Wildman–Crippen MR) is 100 cm³/mol. The van der Waals surface area contributed by atoms with Crippen LogP contribution >= 0.6 is 0 Å². The van der Waals surface area contributed by atoms with Crippen molar-refractivity contribution in [1.82, 2.24) is 5.32 Å². The summed E-state index contributed by atoms with van der Waals surface area (Å²) in [6.45, 7) is 4.77. The van der Waals surface area contributed by atoms with Gasteiger partial charge in [0.25, 0.3) is 5.91 Å². The van der Waals surface area contributed by atoms with Gasteiger partial charge in [0, 0.05) is 11.6 Å². The number of rotatable bonds is 6. The molecule has 0 saturated carbocycles. The van der Waals surface area contributed by atoms with Gasteiger partial charge in [0.1, 0.15) is 0 Å². The van der Waals surface area contributed by atoms with Crippen molar-refractivity contribution in [3.05, 3.63) is 65.5 Å². The molecule has 25 heavy (non-hydrogen) atoms. The van der Waals surface area contributed by atoms with Crippen LogP contribution in [0.4, 0.5) is 0 Å². The van der Waals surface area contributed by atoms with Gasteiger partial charge in [-0.05, 0) is 49.1 Å². The lowest BCUT2D eigenvalue weighted by Crippen LogP contribution is -2.44. The van der Waals surface area contributed by atoms with Gasteiger partial charge in [-0.15, -0.1) is 0 Å². The molecule has 3 nitrogen and oxygen atoms in total. The Morgan fingerprint density at radius 2 is 1.80 bits per heavy atom. The van der Waals surface area contributed by atoms with Gasteiger partial charge in [0.05, 0.1) is 6.04 Å². The summed E-state index contributed by atoms with van der Waals surface area (Å²) >= 11 is 0. The van der Waals surface area contributed by atoms with Crippen molar-refractivity contribution in [3.8, 4) is 0 Å². The zero-order chi connectivity index (χ0) is 17.6. The standard InChI is InChI=1S/C22H28N2O/c1-17(2)14-21(19-9-4-3-5-10-19)23-22(25)16-24-13-12-18-8-6-7-11-20(18)15-24/h3-5,9-10,12-13,15,17,21H,6-8,11,14,16H2,1-2H3/p+1/t21-/m0/s1. The highest BCUT2D eigenvalue weighted by Gasteiger charge is 2.20. The third-order valence-corrected chi connectivity index (χ3v) is 4.91. The Bertz CT molecular complexity index is 709. The molecular weight excluding hydrogens is 308 g/mol. The normalized spacial score (nSPS) is 14.8. The second kappa shape index (κ2) is 8.28. The van der Waals surface area contributed by atoms with Crippen LogP contribution < -0.4 is 9.88 Å². The number of nitrogens with one attached hydrogen (secondary N) is 1. The quantitative estimate of drug-likeness (QED) is 0.800. The Kier molecular flexibility index (Phi) is 5.85. The molecule has 2 aromatic rings. The number of carbonyl (C=O) groups is 1. The molecule has 1 amide bonds. The third-order valence-electron chi connectivity index (χ3n) is 4.91. The average Bonchev–Trinajstić information content (AvgIpc) is 2.61. The van der Waals surface area contributed by atoms with Crippen molar-refractivity contribution in [2.45, 2.75) is 58.5 Å². The van der Waals surface area contributed by atoms with Crippen molar-refractivity contribution >= 4 is 5.91 Å². The van der Waals surface area contributed by atoms with E-state index in [1.54, 1.807) is 0 Å². The SMILES string of the molecule is CC(C)C[C@H](NC(=O)C[n+]1ccc2c(c1)CCCC2)c1ccccc1. The Balaban J connectivity index is 1.67. The molecule has 0 radical (unpaired) electrons. The average molecular weight is 337 g/mol. The maximum atomic E-state index is 12.6. The fourth-order valence-electron chi connectivity index (χ4n) is 3.66. The number of nitrogens with zero attached hydrogens (tertiary/aromatic N) is 1. The van der Waals surface area contributed by atoms with E-state index in [2.05, 4.69) is 43.6 Å². The first-order valence-electron chi connectivity index (χ1n) is 9.47. The van der Waals surface area contributed by atoms with Crippen molar-refractivity contribution in [3.63, 3.8) is 0 Å². The molecule has 1 aromatic carbocycles. The fraction of sp³-hybridized carbons (Fsp3) is 0.455. The maximum Gasteiger partial charge on any atom is 0.286 e. The van der Waals surface area contributed by atoms with Crippen LogP contribution in [-0.2, 0) is 24.2 Å². The Labute approximate surface area is 151 Å². The van der Waals surface area contributed by atoms with E-state index in [0.717, 1.165) is 12.8 Å². The molecule has 0 aliphatic heterocycles. The highest BCUT2D eigenvalue weighted by molar-refractivity contribution is 5.74. The van der Waals surface area contributed by atoms with Gasteiger partial charge >= 0.3 is 0 Å². The van der Waals surface area contributed by atoms with Gasteiger partial charge < -0.3 is 5.32 Å². The number of pyridine rings is 1. The molecule has 0 spiro atoms. The molecule has 1 atom stereocenters. The topological polar surface area (TPSA) is 33.0 Å². The first-order chi connectivity index (χ1) is 12.1. The van der Waals surface area contributed by atoms with E-state index in [1.165, 1.54) is 36.0 Å². The number of hydrogen-bond donors (Lipinski definition) is 1. The fourth-order valence-corrected chi connectivity index (χ4v) is 3.66. The molecule has 0 unspecified atom stereocenters. The molecular formula is C22H29N2O+. The second-order valence-electron chi connectivity index (χ2n) is 7.54. The van der Waals surface area contributed by atoms with Gasteiger partial charge in [-0.3, -0.25) is 4.79 Å². The molecule has 0 bridgehead atoms. The molecule has 3 heteroatoms. The summed E-state index contributed by atoms with van der Waals surface area (Å²) in [7, 11) is 0. The molecule has 1 aromatic heterocycles. The Hall–Kier alpha value is -2.16. The van der Waals surface area contributed by atoms with E-state index < -0.39 is 0 Å². The molecule has 0 fully saturated rings. The third kappa shape index (κ3) is 4.91. The van der Waals surface area contributed by atoms with E-state index in [0.29, 0.717) is 12.5 Å². The van der Waals surface area contributed by atoms with E-state index in [1.807, 2.05) is 29.0 Å². The molecule has 1 heterocycles. The van der Waals surface area contributed by atoms with E-state index in [-0.39, 0.29) is 11.9 Å². The summed E-state index contributed by atoms with van der Waals surface area (Å²) in [5.41, 5.74) is 4.04. The smallest absolute Gasteiger partial charge is 0.286 e. The van der Waals surface area contributed by atoms with Crippen LogP contribution in [0.15, 0.2) is 48.8 Å². The number of benzene rings is 1. The van der Waals surface area contributed by atoms with Crippen LogP contribution in [0.25, 0.3) is 0 Å². The van der Waals surface area contributed by atoms with Crippen LogP contribution in [0.2, 0.25) is 0 Å². The van der Waals surface area contributed by atoms with Crippen molar-refractivity contribution < 1.29 is 9.36 Å². The Morgan fingerprint density at radius 3 is 2.52 bits per heavy atom. The van der Waals surface area contributed by atoms with Crippen LogP contribution in [0.5, 0.6) is 0 Å². The van der Waals surface area contributed by atoms with E-state index >= 15 is 0 Å². The number of amides is 1. The first kappa shape index (κ1) is 17.7. The maximum absolute atomic E-state index is 12.6. The lowest BCUT2D eigenvalue weighted by atomic mass is 9.93.